The number of benzene rings is 1. The number of piperazine rings is 1. The summed E-state index contributed by atoms with van der Waals surface area (Å²) in [6.45, 7) is 4.93. The smallest absolute Gasteiger partial charge is 0.332 e. The average Bonchev–Trinajstić information content (AvgIpc) is 3.34. The summed E-state index contributed by atoms with van der Waals surface area (Å²) in [5, 5.41) is 7.78. The van der Waals surface area contributed by atoms with E-state index in [0.29, 0.717) is 12.4 Å². The molecule has 1 aromatic carbocycles. The summed E-state index contributed by atoms with van der Waals surface area (Å²) in [5.41, 5.74) is 0.375. The first-order valence-corrected chi connectivity index (χ1v) is 10.4. The molecule has 0 spiro atoms. The molecule has 0 saturated carbocycles. The van der Waals surface area contributed by atoms with Crippen LogP contribution in [0.1, 0.15) is 6.42 Å². The SMILES string of the molecule is Cn1c(N2CCN(CCCOc3ccc(-n4ccnn4)cc3)CC2)cc(=O)n(C)c1=O. The molecule has 3 heterocycles. The van der Waals surface area contributed by atoms with Crippen molar-refractivity contribution >= 4 is 5.82 Å². The molecule has 0 radical (unpaired) electrons. The van der Waals surface area contributed by atoms with Gasteiger partial charge in [0, 0.05) is 52.9 Å². The van der Waals surface area contributed by atoms with Gasteiger partial charge in [0.25, 0.3) is 5.56 Å². The highest BCUT2D eigenvalue weighted by Crippen LogP contribution is 2.15. The first-order chi connectivity index (χ1) is 15.0. The van der Waals surface area contributed by atoms with Crippen molar-refractivity contribution < 1.29 is 4.74 Å². The van der Waals surface area contributed by atoms with Gasteiger partial charge in [0.05, 0.1) is 24.7 Å². The van der Waals surface area contributed by atoms with Crippen LogP contribution in [0.15, 0.2) is 52.3 Å². The molecule has 3 aromatic rings. The van der Waals surface area contributed by atoms with Gasteiger partial charge in [0.1, 0.15) is 11.6 Å². The lowest BCUT2D eigenvalue weighted by Gasteiger charge is -2.36. The van der Waals surface area contributed by atoms with E-state index in [0.717, 1.165) is 55.1 Å². The third-order valence-corrected chi connectivity index (χ3v) is 5.61. The van der Waals surface area contributed by atoms with Gasteiger partial charge in [0.2, 0.25) is 0 Å². The molecule has 2 aromatic heterocycles. The number of hydrogen-bond donors (Lipinski definition) is 0. The molecule has 0 unspecified atom stereocenters. The fourth-order valence-electron chi connectivity index (χ4n) is 3.74. The minimum Gasteiger partial charge on any atom is -0.494 e. The Hall–Kier alpha value is -3.40. The van der Waals surface area contributed by atoms with Gasteiger partial charge in [-0.15, -0.1) is 5.10 Å². The van der Waals surface area contributed by atoms with Gasteiger partial charge in [-0.1, -0.05) is 5.21 Å². The highest BCUT2D eigenvalue weighted by Gasteiger charge is 2.20. The van der Waals surface area contributed by atoms with Crippen LogP contribution < -0.4 is 20.9 Å². The first kappa shape index (κ1) is 20.9. The summed E-state index contributed by atoms with van der Waals surface area (Å²) in [6.07, 6.45) is 4.37. The zero-order valence-corrected chi connectivity index (χ0v) is 17.8. The van der Waals surface area contributed by atoms with Crippen molar-refractivity contribution in [3.63, 3.8) is 0 Å². The van der Waals surface area contributed by atoms with Crippen molar-refractivity contribution in [1.29, 1.82) is 0 Å². The summed E-state index contributed by atoms with van der Waals surface area (Å²) in [7, 11) is 3.21. The van der Waals surface area contributed by atoms with E-state index in [2.05, 4.69) is 20.1 Å². The second-order valence-electron chi connectivity index (χ2n) is 7.61. The van der Waals surface area contributed by atoms with Crippen molar-refractivity contribution in [3.05, 3.63) is 63.6 Å². The topological polar surface area (TPSA) is 90.4 Å². The molecular weight excluding hydrogens is 398 g/mol. The number of ether oxygens (including phenoxy) is 1. The molecule has 164 valence electrons. The van der Waals surface area contributed by atoms with Crippen molar-refractivity contribution in [2.24, 2.45) is 14.1 Å². The van der Waals surface area contributed by atoms with Crippen molar-refractivity contribution in [2.45, 2.75) is 6.42 Å². The molecule has 1 saturated heterocycles. The lowest BCUT2D eigenvalue weighted by atomic mass is 10.3. The van der Waals surface area contributed by atoms with E-state index < -0.39 is 0 Å². The minimum atomic E-state index is -0.295. The average molecular weight is 425 g/mol. The maximum atomic E-state index is 12.2. The summed E-state index contributed by atoms with van der Waals surface area (Å²) >= 11 is 0. The largest absolute Gasteiger partial charge is 0.494 e. The molecule has 4 rings (SSSR count). The maximum Gasteiger partial charge on any atom is 0.332 e. The second-order valence-corrected chi connectivity index (χ2v) is 7.61. The monoisotopic (exact) mass is 425 g/mol. The molecule has 10 nitrogen and oxygen atoms in total. The Bertz CT molecular complexity index is 1110. The van der Waals surface area contributed by atoms with Gasteiger partial charge >= 0.3 is 5.69 Å². The van der Waals surface area contributed by atoms with Crippen LogP contribution in [-0.4, -0.2) is 68.4 Å². The molecule has 31 heavy (non-hydrogen) atoms. The number of aromatic nitrogens is 5. The van der Waals surface area contributed by atoms with Crippen LogP contribution in [-0.2, 0) is 14.1 Å². The van der Waals surface area contributed by atoms with Crippen LogP contribution in [0.25, 0.3) is 5.69 Å². The minimum absolute atomic E-state index is 0.271. The lowest BCUT2D eigenvalue weighted by Crippen LogP contribution is -2.49. The summed E-state index contributed by atoms with van der Waals surface area (Å²) in [6, 6.07) is 9.31. The van der Waals surface area contributed by atoms with E-state index in [1.165, 1.54) is 7.05 Å². The molecule has 0 atom stereocenters. The molecule has 1 aliphatic heterocycles. The molecule has 1 fully saturated rings. The molecule has 0 amide bonds. The van der Waals surface area contributed by atoms with Crippen LogP contribution in [0.4, 0.5) is 5.82 Å². The molecular formula is C21H27N7O3. The van der Waals surface area contributed by atoms with Gasteiger partial charge in [-0.2, -0.15) is 0 Å². The van der Waals surface area contributed by atoms with Crippen LogP contribution in [0.5, 0.6) is 5.75 Å². The summed E-state index contributed by atoms with van der Waals surface area (Å²) < 4.78 is 10.2. The third kappa shape index (κ3) is 4.69. The van der Waals surface area contributed by atoms with Gasteiger partial charge in [0.15, 0.2) is 0 Å². The molecule has 1 aliphatic rings. The maximum absolute atomic E-state index is 12.2. The summed E-state index contributed by atoms with van der Waals surface area (Å²) in [4.78, 5) is 28.6. The Balaban J connectivity index is 1.21. The number of anilines is 1. The van der Waals surface area contributed by atoms with Crippen LogP contribution in [0.2, 0.25) is 0 Å². The molecule has 0 bridgehead atoms. The zero-order chi connectivity index (χ0) is 21.8. The fourth-order valence-corrected chi connectivity index (χ4v) is 3.74. The Labute approximate surface area is 179 Å². The normalized spacial score (nSPS) is 14.7. The Morgan fingerprint density at radius 1 is 1.00 bits per heavy atom. The lowest BCUT2D eigenvalue weighted by molar-refractivity contribution is 0.224. The standard InChI is InChI=1S/C21H27N7O3/c1-24-19(16-20(29)25(2)21(24)30)27-13-11-26(12-14-27)9-3-15-31-18-6-4-17(5-7-18)28-10-8-22-23-28/h4-8,10,16H,3,9,11-15H2,1-2H3. The zero-order valence-electron chi connectivity index (χ0n) is 17.8. The highest BCUT2D eigenvalue weighted by atomic mass is 16.5. The molecule has 0 aliphatic carbocycles. The quantitative estimate of drug-likeness (QED) is 0.502. The fraction of sp³-hybridized carbons (Fsp3) is 0.429. The Morgan fingerprint density at radius 2 is 1.74 bits per heavy atom. The number of rotatable bonds is 7. The molecule has 10 heteroatoms. The van der Waals surface area contributed by atoms with E-state index in [9.17, 15) is 9.59 Å². The van der Waals surface area contributed by atoms with Crippen LogP contribution in [0, 0.1) is 0 Å². The predicted molar refractivity (Wildman–Crippen MR) is 117 cm³/mol. The van der Waals surface area contributed by atoms with Gasteiger partial charge < -0.3 is 9.64 Å². The first-order valence-electron chi connectivity index (χ1n) is 10.4. The second kappa shape index (κ2) is 9.17. The number of hydrogen-bond acceptors (Lipinski definition) is 7. The highest BCUT2D eigenvalue weighted by molar-refractivity contribution is 5.39. The van der Waals surface area contributed by atoms with Crippen molar-refractivity contribution in [3.8, 4) is 11.4 Å². The molecule has 0 N–H and O–H groups in total. The Morgan fingerprint density at radius 3 is 2.42 bits per heavy atom. The van der Waals surface area contributed by atoms with Crippen molar-refractivity contribution in [1.82, 2.24) is 29.0 Å². The predicted octanol–water partition coefficient (Wildman–Crippen LogP) is 0.256. The van der Waals surface area contributed by atoms with Crippen LogP contribution >= 0.6 is 0 Å². The summed E-state index contributed by atoms with van der Waals surface area (Å²) in [5.74, 6) is 1.52. The van der Waals surface area contributed by atoms with E-state index in [4.69, 9.17) is 4.74 Å². The van der Waals surface area contributed by atoms with E-state index in [-0.39, 0.29) is 11.2 Å². The van der Waals surface area contributed by atoms with E-state index >= 15 is 0 Å². The van der Waals surface area contributed by atoms with Crippen LogP contribution in [0.3, 0.4) is 0 Å². The van der Waals surface area contributed by atoms with Gasteiger partial charge in [-0.25, -0.2) is 9.48 Å². The third-order valence-electron chi connectivity index (χ3n) is 5.61. The van der Waals surface area contributed by atoms with Crippen molar-refractivity contribution in [2.75, 3.05) is 44.2 Å². The number of nitrogens with zero attached hydrogens (tertiary/aromatic N) is 7. The Kier molecular flexibility index (Phi) is 6.17. The van der Waals surface area contributed by atoms with E-state index in [1.54, 1.807) is 34.8 Å². The van der Waals surface area contributed by atoms with Gasteiger partial charge in [-0.3, -0.25) is 18.8 Å². The van der Waals surface area contributed by atoms with Gasteiger partial charge in [-0.05, 0) is 30.7 Å². The van der Waals surface area contributed by atoms with E-state index in [1.807, 2.05) is 24.3 Å².